The second-order valence-corrected chi connectivity index (χ2v) is 5.25. The van der Waals surface area contributed by atoms with Crippen molar-refractivity contribution in [3.8, 4) is 0 Å². The summed E-state index contributed by atoms with van der Waals surface area (Å²) < 4.78 is 26.4. The van der Waals surface area contributed by atoms with Gasteiger partial charge in [0.05, 0.1) is 18.5 Å². The van der Waals surface area contributed by atoms with Crippen molar-refractivity contribution in [1.29, 1.82) is 0 Å². The normalized spacial score (nSPS) is 26.0. The van der Waals surface area contributed by atoms with Crippen LogP contribution in [0.2, 0.25) is 0 Å². The van der Waals surface area contributed by atoms with E-state index in [2.05, 4.69) is 26.0 Å². The van der Waals surface area contributed by atoms with E-state index in [1.807, 2.05) is 0 Å². The Morgan fingerprint density at radius 3 is 2.80 bits per heavy atom. The lowest BCUT2D eigenvalue weighted by molar-refractivity contribution is -0.0830. The SMILES string of the molecule is Fc1ccc(C2(Cn3cncn3)COC(CBr)O2)cc1. The van der Waals surface area contributed by atoms with E-state index in [-0.39, 0.29) is 12.1 Å². The molecule has 0 N–H and O–H groups in total. The number of halogens is 2. The van der Waals surface area contributed by atoms with Crippen molar-refractivity contribution in [2.24, 2.45) is 0 Å². The zero-order valence-corrected chi connectivity index (χ0v) is 12.2. The molecule has 1 fully saturated rings. The molecule has 1 aliphatic heterocycles. The van der Waals surface area contributed by atoms with Gasteiger partial charge in [-0.2, -0.15) is 5.10 Å². The molecule has 106 valence electrons. The predicted molar refractivity (Wildman–Crippen MR) is 72.7 cm³/mol. The third kappa shape index (κ3) is 2.61. The molecule has 1 aliphatic rings. The van der Waals surface area contributed by atoms with E-state index in [4.69, 9.17) is 9.47 Å². The molecule has 20 heavy (non-hydrogen) atoms. The molecule has 1 aromatic heterocycles. The molecular weight excluding hydrogens is 329 g/mol. The van der Waals surface area contributed by atoms with Gasteiger partial charge in [-0.1, -0.05) is 28.1 Å². The number of ether oxygens (including phenoxy) is 2. The Balaban J connectivity index is 1.93. The average molecular weight is 342 g/mol. The molecule has 5 nitrogen and oxygen atoms in total. The van der Waals surface area contributed by atoms with Gasteiger partial charge in [0.1, 0.15) is 24.1 Å². The van der Waals surface area contributed by atoms with E-state index in [1.165, 1.54) is 18.5 Å². The second kappa shape index (κ2) is 5.59. The van der Waals surface area contributed by atoms with Crippen molar-refractivity contribution in [2.75, 3.05) is 11.9 Å². The molecule has 1 saturated heterocycles. The van der Waals surface area contributed by atoms with Gasteiger partial charge in [0.15, 0.2) is 6.29 Å². The van der Waals surface area contributed by atoms with Crippen molar-refractivity contribution < 1.29 is 13.9 Å². The zero-order valence-electron chi connectivity index (χ0n) is 10.6. The molecular formula is C13H13BrFN3O2. The molecule has 2 aromatic rings. The van der Waals surface area contributed by atoms with E-state index < -0.39 is 5.60 Å². The molecule has 3 rings (SSSR count). The van der Waals surface area contributed by atoms with E-state index in [0.717, 1.165) is 5.56 Å². The smallest absolute Gasteiger partial charge is 0.168 e. The maximum Gasteiger partial charge on any atom is 0.168 e. The fourth-order valence-corrected chi connectivity index (χ4v) is 2.60. The molecule has 1 aromatic carbocycles. The first kappa shape index (κ1) is 13.7. The summed E-state index contributed by atoms with van der Waals surface area (Å²) in [4.78, 5) is 3.93. The first-order chi connectivity index (χ1) is 9.72. The van der Waals surface area contributed by atoms with Crippen molar-refractivity contribution in [2.45, 2.75) is 18.4 Å². The quantitative estimate of drug-likeness (QED) is 0.799. The number of alkyl halides is 1. The molecule has 2 atom stereocenters. The summed E-state index contributed by atoms with van der Waals surface area (Å²) in [6.07, 6.45) is 2.76. The fourth-order valence-electron chi connectivity index (χ4n) is 2.28. The highest BCUT2D eigenvalue weighted by Crippen LogP contribution is 2.35. The molecule has 2 heterocycles. The Morgan fingerprint density at radius 2 is 2.20 bits per heavy atom. The zero-order chi connectivity index (χ0) is 14.0. The van der Waals surface area contributed by atoms with Crippen LogP contribution in [0.5, 0.6) is 0 Å². The van der Waals surface area contributed by atoms with Crippen LogP contribution in [0.1, 0.15) is 5.56 Å². The van der Waals surface area contributed by atoms with Gasteiger partial charge in [0, 0.05) is 0 Å². The Morgan fingerprint density at radius 1 is 1.40 bits per heavy atom. The summed E-state index contributed by atoms with van der Waals surface area (Å²) in [5.74, 6) is -0.277. The van der Waals surface area contributed by atoms with Crippen LogP contribution in [0, 0.1) is 5.82 Å². The minimum absolute atomic E-state index is 0.277. The van der Waals surface area contributed by atoms with Crippen LogP contribution in [-0.4, -0.2) is 33.0 Å². The first-order valence-corrected chi connectivity index (χ1v) is 7.28. The third-order valence-corrected chi connectivity index (χ3v) is 3.77. The maximum absolute atomic E-state index is 13.1. The Hall–Kier alpha value is -1.31. The van der Waals surface area contributed by atoms with E-state index >= 15 is 0 Å². The van der Waals surface area contributed by atoms with Gasteiger partial charge in [-0.3, -0.25) is 0 Å². The van der Waals surface area contributed by atoms with Gasteiger partial charge in [-0.15, -0.1) is 0 Å². The molecule has 7 heteroatoms. The van der Waals surface area contributed by atoms with Crippen molar-refractivity contribution in [3.63, 3.8) is 0 Å². The van der Waals surface area contributed by atoms with E-state index in [0.29, 0.717) is 18.5 Å². The van der Waals surface area contributed by atoms with Crippen LogP contribution in [0.3, 0.4) is 0 Å². The number of hydrogen-bond acceptors (Lipinski definition) is 4. The van der Waals surface area contributed by atoms with Crippen LogP contribution in [0.25, 0.3) is 0 Å². The van der Waals surface area contributed by atoms with Crippen molar-refractivity contribution in [1.82, 2.24) is 14.8 Å². The van der Waals surface area contributed by atoms with Crippen molar-refractivity contribution in [3.05, 3.63) is 48.3 Å². The number of rotatable bonds is 4. The summed E-state index contributed by atoms with van der Waals surface area (Å²) in [6, 6.07) is 6.27. The number of hydrogen-bond donors (Lipinski definition) is 0. The second-order valence-electron chi connectivity index (χ2n) is 4.61. The minimum atomic E-state index is -0.681. The van der Waals surface area contributed by atoms with Gasteiger partial charge in [0.25, 0.3) is 0 Å². The molecule has 0 radical (unpaired) electrons. The first-order valence-electron chi connectivity index (χ1n) is 6.16. The highest BCUT2D eigenvalue weighted by atomic mass is 79.9. The Bertz CT molecular complexity index is 564. The monoisotopic (exact) mass is 341 g/mol. The topological polar surface area (TPSA) is 49.2 Å². The summed E-state index contributed by atoms with van der Waals surface area (Å²) in [6.45, 7) is 0.844. The highest BCUT2D eigenvalue weighted by molar-refractivity contribution is 9.09. The van der Waals surface area contributed by atoms with Crippen LogP contribution >= 0.6 is 15.9 Å². The van der Waals surface area contributed by atoms with Gasteiger partial charge in [0.2, 0.25) is 0 Å². The maximum atomic E-state index is 13.1. The lowest BCUT2D eigenvalue weighted by Crippen LogP contribution is -2.35. The van der Waals surface area contributed by atoms with Crippen LogP contribution < -0.4 is 0 Å². The Labute approximate surface area is 123 Å². The number of nitrogens with zero attached hydrogens (tertiary/aromatic N) is 3. The summed E-state index contributed by atoms with van der Waals surface area (Å²) in [7, 11) is 0. The summed E-state index contributed by atoms with van der Waals surface area (Å²) >= 11 is 3.35. The van der Waals surface area contributed by atoms with Gasteiger partial charge in [-0.05, 0) is 17.7 Å². The third-order valence-electron chi connectivity index (χ3n) is 3.24. The molecule has 2 unspecified atom stereocenters. The van der Waals surface area contributed by atoms with Crippen LogP contribution in [-0.2, 0) is 21.6 Å². The summed E-state index contributed by atoms with van der Waals surface area (Å²) in [5, 5.41) is 4.68. The highest BCUT2D eigenvalue weighted by Gasteiger charge is 2.43. The molecule has 0 saturated carbocycles. The van der Waals surface area contributed by atoms with Gasteiger partial charge >= 0.3 is 0 Å². The van der Waals surface area contributed by atoms with E-state index in [1.54, 1.807) is 23.1 Å². The lowest BCUT2D eigenvalue weighted by atomic mass is 9.94. The van der Waals surface area contributed by atoms with Gasteiger partial charge in [-0.25, -0.2) is 14.1 Å². The Kier molecular flexibility index (Phi) is 3.82. The average Bonchev–Trinajstić information content (AvgIpc) is 3.10. The number of aromatic nitrogens is 3. The summed E-state index contributed by atoms with van der Waals surface area (Å²) in [5.41, 5.74) is 0.178. The van der Waals surface area contributed by atoms with Crippen LogP contribution in [0.15, 0.2) is 36.9 Å². The molecule has 0 aliphatic carbocycles. The van der Waals surface area contributed by atoms with E-state index in [9.17, 15) is 4.39 Å². The molecule has 0 spiro atoms. The fraction of sp³-hybridized carbons (Fsp3) is 0.385. The lowest BCUT2D eigenvalue weighted by Gasteiger charge is -2.27. The predicted octanol–water partition coefficient (Wildman–Crippen LogP) is 2.08. The molecule has 0 amide bonds. The van der Waals surface area contributed by atoms with Crippen LogP contribution in [0.4, 0.5) is 4.39 Å². The largest absolute Gasteiger partial charge is 0.348 e. The van der Waals surface area contributed by atoms with Crippen molar-refractivity contribution >= 4 is 15.9 Å². The number of benzene rings is 1. The van der Waals surface area contributed by atoms with Gasteiger partial charge < -0.3 is 9.47 Å². The standard InChI is InChI=1S/C13H13BrFN3O2/c14-5-12-19-7-13(20-12,6-18-9-16-8-17-18)10-1-3-11(15)4-2-10/h1-4,8-9,12H,5-7H2. The minimum Gasteiger partial charge on any atom is -0.348 e. The molecule has 0 bridgehead atoms.